The number of benzene rings is 1. The van der Waals surface area contributed by atoms with Gasteiger partial charge in [-0.1, -0.05) is 13.8 Å². The van der Waals surface area contributed by atoms with Gasteiger partial charge in [0.15, 0.2) is 0 Å². The van der Waals surface area contributed by atoms with E-state index in [9.17, 15) is 41.0 Å². The molecule has 1 saturated carbocycles. The summed E-state index contributed by atoms with van der Waals surface area (Å²) in [7, 11) is 1.85. The van der Waals surface area contributed by atoms with Crippen LogP contribution in [-0.2, 0) is 35.5 Å². The second-order valence-corrected chi connectivity index (χ2v) is 12.5. The molecule has 1 saturated heterocycles. The van der Waals surface area contributed by atoms with Gasteiger partial charge >= 0.3 is 24.4 Å². The number of likely N-dealkylation sites (tertiary alicyclic amines) is 1. The minimum absolute atomic E-state index is 0.101. The summed E-state index contributed by atoms with van der Waals surface area (Å²) in [6.45, 7) is 3.40. The van der Waals surface area contributed by atoms with Crippen LogP contribution < -0.4 is 4.90 Å². The molecule has 2 aliphatic rings. The van der Waals surface area contributed by atoms with Crippen LogP contribution >= 0.6 is 0 Å². The Morgan fingerprint density at radius 3 is 1.94 bits per heavy atom. The van der Waals surface area contributed by atoms with Crippen LogP contribution in [-0.4, -0.2) is 60.8 Å². The number of hydrogen-bond acceptors (Lipinski definition) is 6. The summed E-state index contributed by atoms with van der Waals surface area (Å²) in [4.78, 5) is 36.9. The van der Waals surface area contributed by atoms with Crippen molar-refractivity contribution in [3.05, 3.63) is 65.7 Å². The standard InChI is InChI=1S/C33H37F6N5O4/c1-4-25-13-27(14-26(5-2)44(25)31(47)48-28-10-21(11-28)29(45)46)43(30-40-15-22(16-41-30)20-6-7-42(3)18-20)17-19-8-23(32(34,35)36)12-24(9-19)33(37,38)39/h6-9,12,15-16,18,21,25-28H,4-5,10-11,13-14,17H2,1-3H3,(H,45,46)/t21?,25-,26+,27?,28?. The third-order valence-corrected chi connectivity index (χ3v) is 9.24. The van der Waals surface area contributed by atoms with E-state index in [-0.39, 0.29) is 49.0 Å². The van der Waals surface area contributed by atoms with Gasteiger partial charge < -0.3 is 24.2 Å². The van der Waals surface area contributed by atoms with Gasteiger partial charge in [0, 0.05) is 67.6 Å². The molecule has 3 heterocycles. The monoisotopic (exact) mass is 681 g/mol. The van der Waals surface area contributed by atoms with Crippen LogP contribution in [0.25, 0.3) is 11.1 Å². The molecular formula is C33H37F6N5O4. The SMILES string of the molecule is CC[C@@H]1CC(N(Cc2cc(C(F)(F)F)cc(C(F)(F)F)c2)c2ncc(-c3ccn(C)c3)cn2)C[C@H](CC)N1C(=O)OC1CC(C(=O)O)C1. The molecule has 1 aromatic carbocycles. The number of ether oxygens (including phenoxy) is 1. The highest BCUT2D eigenvalue weighted by molar-refractivity contribution is 5.72. The Hall–Kier alpha value is -4.30. The fourth-order valence-electron chi connectivity index (χ4n) is 6.56. The number of piperidine rings is 1. The van der Waals surface area contributed by atoms with Gasteiger partial charge in [-0.05, 0) is 68.4 Å². The van der Waals surface area contributed by atoms with Crippen LogP contribution in [0.4, 0.5) is 37.1 Å². The number of aromatic nitrogens is 3. The number of carboxylic acids is 1. The molecule has 9 nitrogen and oxygen atoms in total. The summed E-state index contributed by atoms with van der Waals surface area (Å²) in [6, 6.07) is 2.16. The van der Waals surface area contributed by atoms with Crippen LogP contribution in [0.15, 0.2) is 49.1 Å². The van der Waals surface area contributed by atoms with E-state index in [1.807, 2.05) is 43.9 Å². The highest BCUT2D eigenvalue weighted by atomic mass is 19.4. The molecule has 1 N–H and O–H groups in total. The molecule has 0 spiro atoms. The van der Waals surface area contributed by atoms with E-state index >= 15 is 0 Å². The molecule has 48 heavy (non-hydrogen) atoms. The van der Waals surface area contributed by atoms with Crippen LogP contribution in [0.3, 0.4) is 0 Å². The topological polar surface area (TPSA) is 101 Å². The number of anilines is 1. The molecule has 1 aliphatic heterocycles. The number of alkyl halides is 6. The van der Waals surface area contributed by atoms with Crippen molar-refractivity contribution in [2.75, 3.05) is 4.90 Å². The first kappa shape index (κ1) is 35.0. The Balaban J connectivity index is 1.47. The normalized spacial score (nSPS) is 23.0. The number of hydrogen-bond donors (Lipinski definition) is 1. The molecule has 2 aromatic heterocycles. The number of rotatable bonds is 9. The van der Waals surface area contributed by atoms with Gasteiger partial charge in [-0.2, -0.15) is 26.3 Å². The number of carbonyl (C=O) groups is 2. The Morgan fingerprint density at radius 2 is 1.48 bits per heavy atom. The van der Waals surface area contributed by atoms with Crippen molar-refractivity contribution >= 4 is 18.0 Å². The molecule has 1 aliphatic carbocycles. The van der Waals surface area contributed by atoms with Gasteiger partial charge in [-0.15, -0.1) is 0 Å². The van der Waals surface area contributed by atoms with Crippen LogP contribution in [0.5, 0.6) is 0 Å². The molecule has 2 fully saturated rings. The molecule has 260 valence electrons. The number of carboxylic acid groups (broad SMARTS) is 1. The van der Waals surface area contributed by atoms with Crippen molar-refractivity contribution < 1.29 is 45.8 Å². The summed E-state index contributed by atoms with van der Waals surface area (Å²) >= 11 is 0. The quantitative estimate of drug-likeness (QED) is 0.233. The second kappa shape index (κ2) is 13.7. The van der Waals surface area contributed by atoms with Gasteiger partial charge in [-0.25, -0.2) is 14.8 Å². The molecule has 0 radical (unpaired) electrons. The first-order valence-corrected chi connectivity index (χ1v) is 15.8. The highest BCUT2D eigenvalue weighted by Gasteiger charge is 2.44. The molecule has 3 atom stereocenters. The van der Waals surface area contributed by atoms with Crippen molar-refractivity contribution in [3.8, 4) is 11.1 Å². The van der Waals surface area contributed by atoms with Gasteiger partial charge in [0.05, 0.1) is 17.0 Å². The first-order chi connectivity index (χ1) is 22.6. The average Bonchev–Trinajstić information content (AvgIpc) is 3.45. The van der Waals surface area contributed by atoms with Crippen LogP contribution in [0, 0.1) is 5.92 Å². The molecule has 15 heteroatoms. The minimum atomic E-state index is -5.01. The molecule has 3 aromatic rings. The molecule has 1 unspecified atom stereocenters. The lowest BCUT2D eigenvalue weighted by Crippen LogP contribution is -2.57. The number of amides is 1. The Labute approximate surface area is 273 Å². The zero-order valence-corrected chi connectivity index (χ0v) is 26.6. The van der Waals surface area contributed by atoms with E-state index < -0.39 is 53.6 Å². The summed E-state index contributed by atoms with van der Waals surface area (Å²) in [6.07, 6.45) is -2.20. The number of aryl methyl sites for hydroxylation is 1. The maximum Gasteiger partial charge on any atom is 0.416 e. The summed E-state index contributed by atoms with van der Waals surface area (Å²) < 4.78 is 90.1. The summed E-state index contributed by atoms with van der Waals surface area (Å²) in [5, 5.41) is 9.18. The van der Waals surface area contributed by atoms with Crippen molar-refractivity contribution in [3.63, 3.8) is 0 Å². The molecular weight excluding hydrogens is 644 g/mol. The number of aliphatic carboxylic acids is 1. The lowest BCUT2D eigenvalue weighted by molar-refractivity contribution is -0.149. The minimum Gasteiger partial charge on any atom is -0.481 e. The van der Waals surface area contributed by atoms with E-state index in [0.717, 1.165) is 5.56 Å². The molecule has 0 bridgehead atoms. The van der Waals surface area contributed by atoms with E-state index in [2.05, 4.69) is 9.97 Å². The fraction of sp³-hybridized carbons (Fsp3) is 0.515. The smallest absolute Gasteiger partial charge is 0.416 e. The lowest BCUT2D eigenvalue weighted by Gasteiger charge is -2.48. The van der Waals surface area contributed by atoms with Gasteiger partial charge in [0.2, 0.25) is 5.95 Å². The zero-order chi connectivity index (χ0) is 35.0. The average molecular weight is 682 g/mol. The van der Waals surface area contributed by atoms with Crippen LogP contribution in [0.1, 0.15) is 69.1 Å². The van der Waals surface area contributed by atoms with E-state index in [1.165, 1.54) is 0 Å². The van der Waals surface area contributed by atoms with Crippen molar-refractivity contribution in [1.29, 1.82) is 0 Å². The highest BCUT2D eigenvalue weighted by Crippen LogP contribution is 2.39. The van der Waals surface area contributed by atoms with E-state index in [0.29, 0.717) is 43.4 Å². The summed E-state index contributed by atoms with van der Waals surface area (Å²) in [5.74, 6) is -1.38. The third kappa shape index (κ3) is 7.70. The first-order valence-electron chi connectivity index (χ1n) is 15.8. The van der Waals surface area contributed by atoms with E-state index in [4.69, 9.17) is 4.74 Å². The fourth-order valence-corrected chi connectivity index (χ4v) is 6.56. The van der Waals surface area contributed by atoms with Crippen molar-refractivity contribution in [2.45, 2.75) is 95.5 Å². The third-order valence-electron chi connectivity index (χ3n) is 9.24. The molecule has 5 rings (SSSR count). The Bertz CT molecular complexity index is 1560. The predicted molar refractivity (Wildman–Crippen MR) is 163 cm³/mol. The largest absolute Gasteiger partial charge is 0.481 e. The number of carbonyl (C=O) groups excluding carboxylic acids is 1. The van der Waals surface area contributed by atoms with E-state index in [1.54, 1.807) is 22.2 Å². The van der Waals surface area contributed by atoms with Gasteiger partial charge in [-0.3, -0.25) is 4.79 Å². The van der Waals surface area contributed by atoms with Gasteiger partial charge in [0.1, 0.15) is 6.10 Å². The number of halogens is 6. The number of nitrogens with zero attached hydrogens (tertiary/aromatic N) is 5. The summed E-state index contributed by atoms with van der Waals surface area (Å²) in [5.41, 5.74) is -1.54. The zero-order valence-electron chi connectivity index (χ0n) is 26.6. The van der Waals surface area contributed by atoms with Gasteiger partial charge in [0.25, 0.3) is 0 Å². The predicted octanol–water partition coefficient (Wildman–Crippen LogP) is 7.55. The second-order valence-electron chi connectivity index (χ2n) is 12.5. The Kier molecular flexibility index (Phi) is 9.97. The maximum atomic E-state index is 13.8. The van der Waals surface area contributed by atoms with Crippen LogP contribution in [0.2, 0.25) is 0 Å². The van der Waals surface area contributed by atoms with Crippen molar-refractivity contribution in [2.24, 2.45) is 13.0 Å². The molecule has 1 amide bonds. The Morgan fingerprint density at radius 1 is 0.917 bits per heavy atom. The van der Waals surface area contributed by atoms with Crippen molar-refractivity contribution in [1.82, 2.24) is 19.4 Å². The maximum absolute atomic E-state index is 13.8. The lowest BCUT2D eigenvalue weighted by atomic mass is 9.82.